The fraction of sp³-hybridized carbons (Fsp3) is 0.625. The van der Waals surface area contributed by atoms with Crippen molar-refractivity contribution in [2.24, 2.45) is 5.92 Å². The van der Waals surface area contributed by atoms with E-state index in [9.17, 15) is 0 Å². The first-order valence-corrected chi connectivity index (χ1v) is 7.73. The molecule has 1 aromatic carbocycles. The summed E-state index contributed by atoms with van der Waals surface area (Å²) in [7, 11) is 1.78. The van der Waals surface area contributed by atoms with Crippen LogP contribution in [0.4, 0.5) is 0 Å². The molecule has 1 aliphatic heterocycles. The minimum atomic E-state index is 0.643. The van der Waals surface area contributed by atoms with Crippen LogP contribution in [0, 0.1) is 5.92 Å². The highest BCUT2D eigenvalue weighted by Crippen LogP contribution is 2.27. The molecule has 0 saturated carbocycles. The quantitative estimate of drug-likeness (QED) is 0.801. The van der Waals surface area contributed by atoms with E-state index >= 15 is 0 Å². The lowest BCUT2D eigenvalue weighted by Crippen LogP contribution is -2.36. The van der Waals surface area contributed by atoms with Crippen molar-refractivity contribution >= 4 is 11.6 Å². The second kappa shape index (κ2) is 7.87. The molecule has 1 aromatic rings. The molecule has 20 heavy (non-hydrogen) atoms. The summed E-state index contributed by atoms with van der Waals surface area (Å²) < 4.78 is 10.7. The Labute approximate surface area is 126 Å². The van der Waals surface area contributed by atoms with Gasteiger partial charge in [-0.25, -0.2) is 0 Å². The van der Waals surface area contributed by atoms with Crippen LogP contribution in [-0.4, -0.2) is 38.3 Å². The average Bonchev–Trinajstić information content (AvgIpc) is 2.43. The third-order valence-corrected chi connectivity index (χ3v) is 4.00. The minimum absolute atomic E-state index is 0.643. The lowest BCUT2D eigenvalue weighted by Gasteiger charge is -2.32. The first kappa shape index (κ1) is 15.6. The number of hydrogen-bond donors (Lipinski definition) is 0. The Morgan fingerprint density at radius 3 is 2.95 bits per heavy atom. The second-order valence-electron chi connectivity index (χ2n) is 5.40. The number of nitrogens with zero attached hydrogens (tertiary/aromatic N) is 1. The predicted octanol–water partition coefficient (Wildman–Crippen LogP) is 3.60. The number of rotatable bonds is 6. The Balaban J connectivity index is 1.94. The van der Waals surface area contributed by atoms with E-state index in [-0.39, 0.29) is 0 Å². The van der Waals surface area contributed by atoms with Gasteiger partial charge in [-0.3, -0.25) is 4.90 Å². The van der Waals surface area contributed by atoms with Crippen molar-refractivity contribution in [1.29, 1.82) is 0 Å². The summed E-state index contributed by atoms with van der Waals surface area (Å²) >= 11 is 6.24. The van der Waals surface area contributed by atoms with E-state index in [0.29, 0.717) is 17.5 Å². The van der Waals surface area contributed by atoms with Crippen molar-refractivity contribution in [2.75, 3.05) is 33.4 Å². The van der Waals surface area contributed by atoms with Crippen molar-refractivity contribution in [3.8, 4) is 5.75 Å². The molecule has 0 N–H and O–H groups in total. The second-order valence-corrected chi connectivity index (χ2v) is 5.80. The number of methoxy groups -OCH3 is 1. The van der Waals surface area contributed by atoms with Gasteiger partial charge in [-0.2, -0.15) is 0 Å². The molecule has 0 unspecified atom stereocenters. The molecule has 1 saturated heterocycles. The lowest BCUT2D eigenvalue weighted by molar-refractivity contribution is 0.0874. The predicted molar refractivity (Wildman–Crippen MR) is 82.5 cm³/mol. The number of halogens is 1. The van der Waals surface area contributed by atoms with Crippen LogP contribution in [0.3, 0.4) is 0 Å². The molecular weight excluding hydrogens is 274 g/mol. The summed E-state index contributed by atoms with van der Waals surface area (Å²) in [6.45, 7) is 6.69. The van der Waals surface area contributed by atoms with Crippen molar-refractivity contribution < 1.29 is 9.47 Å². The largest absolute Gasteiger partial charge is 0.492 e. The van der Waals surface area contributed by atoms with E-state index < -0.39 is 0 Å². The lowest BCUT2D eigenvalue weighted by atomic mass is 9.98. The highest BCUT2D eigenvalue weighted by Gasteiger charge is 2.19. The summed E-state index contributed by atoms with van der Waals surface area (Å²) in [5.74, 6) is 1.43. The minimum Gasteiger partial charge on any atom is -0.492 e. The zero-order valence-electron chi connectivity index (χ0n) is 12.4. The average molecular weight is 298 g/mol. The van der Waals surface area contributed by atoms with Crippen LogP contribution in [0.5, 0.6) is 5.75 Å². The molecule has 0 amide bonds. The molecule has 0 spiro atoms. The van der Waals surface area contributed by atoms with E-state index in [4.69, 9.17) is 21.1 Å². The molecule has 4 heteroatoms. The Morgan fingerprint density at radius 2 is 2.25 bits per heavy atom. The molecule has 1 fully saturated rings. The summed E-state index contributed by atoms with van der Waals surface area (Å²) in [5.41, 5.74) is 1.25. The number of benzene rings is 1. The van der Waals surface area contributed by atoms with Crippen molar-refractivity contribution in [1.82, 2.24) is 4.90 Å². The Bertz CT molecular complexity index is 423. The van der Waals surface area contributed by atoms with E-state index in [1.807, 2.05) is 19.1 Å². The van der Waals surface area contributed by atoms with Crippen LogP contribution >= 0.6 is 11.6 Å². The van der Waals surface area contributed by atoms with Gasteiger partial charge in [0.15, 0.2) is 0 Å². The van der Waals surface area contributed by atoms with Crippen LogP contribution in [0.15, 0.2) is 18.2 Å². The van der Waals surface area contributed by atoms with Crippen LogP contribution in [-0.2, 0) is 11.3 Å². The van der Waals surface area contributed by atoms with Gasteiger partial charge in [0.2, 0.25) is 0 Å². The van der Waals surface area contributed by atoms with Crippen LogP contribution in [0.25, 0.3) is 0 Å². The van der Waals surface area contributed by atoms with Crippen LogP contribution < -0.4 is 4.74 Å². The first-order chi connectivity index (χ1) is 9.72. The number of likely N-dealkylation sites (tertiary alicyclic amines) is 1. The maximum absolute atomic E-state index is 6.24. The Kier molecular flexibility index (Phi) is 6.14. The molecule has 0 aliphatic carbocycles. The maximum atomic E-state index is 6.24. The van der Waals surface area contributed by atoms with Gasteiger partial charge in [-0.05, 0) is 49.9 Å². The monoisotopic (exact) mass is 297 g/mol. The van der Waals surface area contributed by atoms with Gasteiger partial charge in [0.25, 0.3) is 0 Å². The zero-order chi connectivity index (χ0) is 14.4. The molecule has 2 rings (SSSR count). The number of ether oxygens (including phenoxy) is 2. The molecule has 0 bridgehead atoms. The van der Waals surface area contributed by atoms with Crippen molar-refractivity contribution in [2.45, 2.75) is 26.3 Å². The van der Waals surface area contributed by atoms with Gasteiger partial charge >= 0.3 is 0 Å². The van der Waals surface area contributed by atoms with Gasteiger partial charge < -0.3 is 9.47 Å². The number of hydrogen-bond acceptors (Lipinski definition) is 3. The van der Waals surface area contributed by atoms with Crippen LogP contribution in [0.2, 0.25) is 5.02 Å². The molecule has 1 aliphatic rings. The fourth-order valence-corrected chi connectivity index (χ4v) is 3.10. The van der Waals surface area contributed by atoms with E-state index in [0.717, 1.165) is 32.0 Å². The third-order valence-electron chi connectivity index (χ3n) is 3.71. The molecule has 1 atom stereocenters. The topological polar surface area (TPSA) is 21.7 Å². The van der Waals surface area contributed by atoms with E-state index in [2.05, 4.69) is 11.0 Å². The Morgan fingerprint density at radius 1 is 1.40 bits per heavy atom. The number of piperidine rings is 1. The molecule has 3 nitrogen and oxygen atoms in total. The Hall–Kier alpha value is -0.770. The summed E-state index contributed by atoms with van der Waals surface area (Å²) in [6, 6.07) is 6.10. The highest BCUT2D eigenvalue weighted by atomic mass is 35.5. The maximum Gasteiger partial charge on any atom is 0.137 e. The van der Waals surface area contributed by atoms with Gasteiger partial charge in [-0.1, -0.05) is 17.7 Å². The summed E-state index contributed by atoms with van der Waals surface area (Å²) in [5, 5.41) is 0.704. The van der Waals surface area contributed by atoms with Gasteiger partial charge in [0.05, 0.1) is 18.2 Å². The zero-order valence-corrected chi connectivity index (χ0v) is 13.2. The van der Waals surface area contributed by atoms with Crippen molar-refractivity contribution in [3.63, 3.8) is 0 Å². The van der Waals surface area contributed by atoms with Crippen LogP contribution in [0.1, 0.15) is 25.3 Å². The summed E-state index contributed by atoms with van der Waals surface area (Å²) in [6.07, 6.45) is 2.52. The third kappa shape index (κ3) is 4.37. The molecule has 0 aromatic heterocycles. The van der Waals surface area contributed by atoms with Gasteiger partial charge in [-0.15, -0.1) is 0 Å². The normalized spacial score (nSPS) is 20.1. The summed E-state index contributed by atoms with van der Waals surface area (Å²) in [4.78, 5) is 2.49. The first-order valence-electron chi connectivity index (χ1n) is 7.35. The molecule has 1 heterocycles. The smallest absolute Gasteiger partial charge is 0.137 e. The standard InChI is InChI=1S/C16H24ClNO2/c1-3-20-16-7-6-13(9-15(16)17)10-18-8-4-5-14(11-18)12-19-2/h6-7,9,14H,3-5,8,10-12H2,1-2H3/t14-/m0/s1. The molecule has 0 radical (unpaired) electrons. The van der Waals surface area contributed by atoms with E-state index in [1.165, 1.54) is 18.4 Å². The SMILES string of the molecule is CCOc1ccc(CN2CCC[C@H](COC)C2)cc1Cl. The van der Waals surface area contributed by atoms with Gasteiger partial charge in [0.1, 0.15) is 5.75 Å². The van der Waals surface area contributed by atoms with Crippen molar-refractivity contribution in [3.05, 3.63) is 28.8 Å². The molecular formula is C16H24ClNO2. The fourth-order valence-electron chi connectivity index (χ4n) is 2.84. The van der Waals surface area contributed by atoms with Gasteiger partial charge in [0, 0.05) is 20.2 Å². The van der Waals surface area contributed by atoms with E-state index in [1.54, 1.807) is 7.11 Å². The molecule has 112 valence electrons. The highest BCUT2D eigenvalue weighted by molar-refractivity contribution is 6.32.